The van der Waals surface area contributed by atoms with Crippen molar-refractivity contribution in [2.24, 2.45) is 11.0 Å². The highest BCUT2D eigenvalue weighted by Gasteiger charge is 2.57. The molecular formula is C24H16BrN3O4. The minimum Gasteiger partial charge on any atom is -0.454 e. The zero-order valence-electron chi connectivity index (χ0n) is 16.6. The van der Waals surface area contributed by atoms with Crippen LogP contribution in [0.3, 0.4) is 0 Å². The molecule has 2 amide bonds. The van der Waals surface area contributed by atoms with Gasteiger partial charge in [0.15, 0.2) is 11.5 Å². The van der Waals surface area contributed by atoms with Crippen LogP contribution in [0.1, 0.15) is 5.56 Å². The van der Waals surface area contributed by atoms with Crippen LogP contribution in [0.4, 0.5) is 11.4 Å². The molecule has 7 nitrogen and oxygen atoms in total. The average Bonchev–Trinajstić information content (AvgIpc) is 3.50. The molecule has 1 fully saturated rings. The summed E-state index contributed by atoms with van der Waals surface area (Å²) in [6, 6.07) is 21.3. The first kappa shape index (κ1) is 19.1. The topological polar surface area (TPSA) is 71.4 Å². The summed E-state index contributed by atoms with van der Waals surface area (Å²) in [6.07, 6.45) is 0. The minimum atomic E-state index is -0.756. The molecule has 8 heteroatoms. The molecule has 1 saturated heterocycles. The normalized spacial score (nSPS) is 21.2. The van der Waals surface area contributed by atoms with Crippen molar-refractivity contribution in [1.82, 2.24) is 0 Å². The zero-order valence-corrected chi connectivity index (χ0v) is 18.2. The SMILES string of the molecule is O=C1[C@@H]2C(c3ccc(Br)cc3)=NN(c3ccccc3)[C@H]2C(=O)N1c1ccc2c(c1)OCO2. The number of hydrazone groups is 1. The monoisotopic (exact) mass is 489 g/mol. The molecule has 0 aliphatic carbocycles. The van der Waals surface area contributed by atoms with Crippen LogP contribution in [-0.4, -0.2) is 30.4 Å². The average molecular weight is 490 g/mol. The summed E-state index contributed by atoms with van der Waals surface area (Å²) in [6.45, 7) is 0.119. The molecule has 3 aliphatic heterocycles. The van der Waals surface area contributed by atoms with Gasteiger partial charge in [0.2, 0.25) is 12.7 Å². The van der Waals surface area contributed by atoms with Crippen molar-refractivity contribution in [1.29, 1.82) is 0 Å². The number of hydrogen-bond acceptors (Lipinski definition) is 6. The first-order valence-corrected chi connectivity index (χ1v) is 10.9. The molecule has 3 aromatic carbocycles. The molecule has 0 radical (unpaired) electrons. The van der Waals surface area contributed by atoms with Crippen LogP contribution in [0.25, 0.3) is 0 Å². The number of benzene rings is 3. The van der Waals surface area contributed by atoms with Gasteiger partial charge in [0.05, 0.1) is 17.1 Å². The highest BCUT2D eigenvalue weighted by Crippen LogP contribution is 2.42. The molecule has 0 unspecified atom stereocenters. The Balaban J connectivity index is 1.46. The summed E-state index contributed by atoms with van der Waals surface area (Å²) in [5.41, 5.74) is 2.59. The Labute approximate surface area is 192 Å². The highest BCUT2D eigenvalue weighted by atomic mass is 79.9. The van der Waals surface area contributed by atoms with Gasteiger partial charge < -0.3 is 9.47 Å². The van der Waals surface area contributed by atoms with Crippen LogP contribution in [0, 0.1) is 5.92 Å². The third kappa shape index (κ3) is 2.83. The molecule has 158 valence electrons. The Bertz CT molecular complexity index is 1280. The molecule has 32 heavy (non-hydrogen) atoms. The van der Waals surface area contributed by atoms with Gasteiger partial charge in [0, 0.05) is 10.5 Å². The fourth-order valence-electron chi connectivity index (χ4n) is 4.35. The van der Waals surface area contributed by atoms with Gasteiger partial charge in [-0.25, -0.2) is 4.90 Å². The van der Waals surface area contributed by atoms with Crippen molar-refractivity contribution in [2.45, 2.75) is 6.04 Å². The van der Waals surface area contributed by atoms with E-state index in [1.54, 1.807) is 23.2 Å². The van der Waals surface area contributed by atoms with E-state index < -0.39 is 12.0 Å². The number of carbonyl (C=O) groups is 2. The van der Waals surface area contributed by atoms with E-state index in [2.05, 4.69) is 15.9 Å². The maximum atomic E-state index is 13.6. The fraction of sp³-hybridized carbons (Fsp3) is 0.125. The summed E-state index contributed by atoms with van der Waals surface area (Å²) >= 11 is 3.44. The lowest BCUT2D eigenvalue weighted by atomic mass is 9.93. The summed E-state index contributed by atoms with van der Waals surface area (Å²) in [7, 11) is 0. The molecule has 3 aromatic rings. The summed E-state index contributed by atoms with van der Waals surface area (Å²) in [5.74, 6) is -0.232. The lowest BCUT2D eigenvalue weighted by Gasteiger charge is -2.22. The van der Waals surface area contributed by atoms with E-state index in [4.69, 9.17) is 14.6 Å². The molecular weight excluding hydrogens is 474 g/mol. The largest absolute Gasteiger partial charge is 0.454 e. The Morgan fingerprint density at radius 2 is 1.59 bits per heavy atom. The molecule has 6 rings (SSSR count). The molecule has 0 aromatic heterocycles. The van der Waals surface area contributed by atoms with E-state index in [-0.39, 0.29) is 18.6 Å². The van der Waals surface area contributed by atoms with Crippen LogP contribution in [0.2, 0.25) is 0 Å². The Hall–Kier alpha value is -3.65. The molecule has 0 N–H and O–H groups in total. The lowest BCUT2D eigenvalue weighted by molar-refractivity contribution is -0.121. The second-order valence-electron chi connectivity index (χ2n) is 7.64. The number of amides is 2. The first-order chi connectivity index (χ1) is 15.6. The van der Waals surface area contributed by atoms with Crippen molar-refractivity contribution in [3.05, 3.63) is 82.8 Å². The number of halogens is 1. The second-order valence-corrected chi connectivity index (χ2v) is 8.56. The number of nitrogens with zero attached hydrogens (tertiary/aromatic N) is 3. The van der Waals surface area contributed by atoms with Gasteiger partial charge in [-0.2, -0.15) is 5.10 Å². The second kappa shape index (κ2) is 7.20. The minimum absolute atomic E-state index is 0.119. The van der Waals surface area contributed by atoms with Crippen molar-refractivity contribution in [2.75, 3.05) is 16.7 Å². The van der Waals surface area contributed by atoms with Gasteiger partial charge in [-0.15, -0.1) is 0 Å². The zero-order chi connectivity index (χ0) is 21.8. The standard InChI is InChI=1S/C24H16BrN3O4/c25-15-8-6-14(7-9-15)21-20-22(28(26-21)16-4-2-1-3-5-16)24(30)27(23(20)29)17-10-11-18-19(12-17)32-13-31-18/h1-12,20,22H,13H2/t20-,22-/m1/s1. The molecule has 3 aliphatic rings. The molecule has 0 saturated carbocycles. The fourth-order valence-corrected chi connectivity index (χ4v) is 4.61. The van der Waals surface area contributed by atoms with Crippen LogP contribution < -0.4 is 19.4 Å². The molecule has 0 spiro atoms. The predicted molar refractivity (Wildman–Crippen MR) is 122 cm³/mol. The third-order valence-corrected chi connectivity index (χ3v) is 6.35. The number of anilines is 2. The van der Waals surface area contributed by atoms with Crippen LogP contribution in [0.15, 0.2) is 82.4 Å². The Morgan fingerprint density at radius 3 is 2.38 bits per heavy atom. The van der Waals surface area contributed by atoms with Crippen LogP contribution in [0.5, 0.6) is 11.5 Å². The maximum absolute atomic E-state index is 13.6. The third-order valence-electron chi connectivity index (χ3n) is 5.82. The van der Waals surface area contributed by atoms with Crippen molar-refractivity contribution < 1.29 is 19.1 Å². The highest BCUT2D eigenvalue weighted by molar-refractivity contribution is 9.10. The summed E-state index contributed by atoms with van der Waals surface area (Å²) in [4.78, 5) is 28.5. The van der Waals surface area contributed by atoms with Crippen molar-refractivity contribution in [3.63, 3.8) is 0 Å². The van der Waals surface area contributed by atoms with Gasteiger partial charge in [-0.05, 0) is 42.0 Å². The van der Waals surface area contributed by atoms with E-state index in [0.29, 0.717) is 22.9 Å². The summed E-state index contributed by atoms with van der Waals surface area (Å²) in [5, 5.41) is 6.41. The van der Waals surface area contributed by atoms with E-state index in [0.717, 1.165) is 15.7 Å². The number of imide groups is 1. The number of hydrogen-bond donors (Lipinski definition) is 0. The predicted octanol–water partition coefficient (Wildman–Crippen LogP) is 3.96. The molecule has 2 atom stereocenters. The first-order valence-electron chi connectivity index (χ1n) is 10.1. The van der Waals surface area contributed by atoms with Gasteiger partial charge >= 0.3 is 0 Å². The van der Waals surface area contributed by atoms with E-state index in [1.165, 1.54) is 4.90 Å². The lowest BCUT2D eigenvalue weighted by Crippen LogP contribution is -2.39. The van der Waals surface area contributed by atoms with Crippen molar-refractivity contribution in [3.8, 4) is 11.5 Å². The van der Waals surface area contributed by atoms with E-state index >= 15 is 0 Å². The van der Waals surface area contributed by atoms with E-state index in [1.807, 2.05) is 54.6 Å². The molecule has 0 bridgehead atoms. The Morgan fingerprint density at radius 1 is 0.844 bits per heavy atom. The molecule has 3 heterocycles. The smallest absolute Gasteiger partial charge is 0.259 e. The van der Waals surface area contributed by atoms with Gasteiger partial charge in [0.1, 0.15) is 12.0 Å². The summed E-state index contributed by atoms with van der Waals surface area (Å²) < 4.78 is 11.7. The number of ether oxygens (including phenoxy) is 2. The van der Waals surface area contributed by atoms with Crippen LogP contribution >= 0.6 is 15.9 Å². The number of para-hydroxylation sites is 1. The number of rotatable bonds is 3. The maximum Gasteiger partial charge on any atom is 0.259 e. The van der Waals surface area contributed by atoms with Crippen LogP contribution in [-0.2, 0) is 9.59 Å². The Kier molecular flexibility index (Phi) is 4.29. The number of carbonyl (C=O) groups excluding carboxylic acids is 2. The van der Waals surface area contributed by atoms with Gasteiger partial charge in [-0.3, -0.25) is 14.6 Å². The van der Waals surface area contributed by atoms with Gasteiger partial charge in [-0.1, -0.05) is 46.3 Å². The van der Waals surface area contributed by atoms with Gasteiger partial charge in [0.25, 0.3) is 5.91 Å². The quantitative estimate of drug-likeness (QED) is 0.520. The van der Waals surface area contributed by atoms with E-state index in [9.17, 15) is 9.59 Å². The number of fused-ring (bicyclic) bond motifs is 2. The van der Waals surface area contributed by atoms with Crippen molar-refractivity contribution >= 4 is 44.8 Å².